The molecule has 0 unspecified atom stereocenters. The van der Waals surface area contributed by atoms with Crippen LogP contribution in [-0.4, -0.2) is 21.1 Å². The van der Waals surface area contributed by atoms with Crippen molar-refractivity contribution < 1.29 is 4.79 Å². The van der Waals surface area contributed by atoms with Crippen LogP contribution in [-0.2, 0) is 4.79 Å². The van der Waals surface area contributed by atoms with Crippen molar-refractivity contribution in [3.63, 3.8) is 0 Å². The van der Waals surface area contributed by atoms with E-state index in [1.807, 2.05) is 20.8 Å². The van der Waals surface area contributed by atoms with Crippen LogP contribution in [0.5, 0.6) is 0 Å². The van der Waals surface area contributed by atoms with Gasteiger partial charge in [-0.2, -0.15) is 0 Å². The van der Waals surface area contributed by atoms with E-state index in [4.69, 9.17) is 23.2 Å². The van der Waals surface area contributed by atoms with Crippen molar-refractivity contribution in [2.75, 3.05) is 5.32 Å². The van der Waals surface area contributed by atoms with E-state index in [9.17, 15) is 4.79 Å². The molecule has 1 aromatic carbocycles. The van der Waals surface area contributed by atoms with Crippen molar-refractivity contribution in [1.29, 1.82) is 0 Å². The smallest absolute Gasteiger partial charge is 0.237 e. The lowest BCUT2D eigenvalue weighted by Gasteiger charge is -2.13. The first-order valence-corrected chi connectivity index (χ1v) is 8.66. The van der Waals surface area contributed by atoms with Gasteiger partial charge >= 0.3 is 0 Å². The van der Waals surface area contributed by atoms with Crippen LogP contribution in [0, 0.1) is 20.8 Å². The average Bonchev–Trinajstić information content (AvgIpc) is 2.47. The second kappa shape index (κ2) is 7.51. The molecule has 122 valence electrons. The molecule has 0 saturated carbocycles. The maximum Gasteiger partial charge on any atom is 0.237 e. The number of aryl methyl sites for hydroxylation is 2. The largest absolute Gasteiger partial charge is 0.324 e. The van der Waals surface area contributed by atoms with Crippen LogP contribution in [0.25, 0.3) is 0 Å². The molecule has 0 aliphatic carbocycles. The molecule has 1 heterocycles. The van der Waals surface area contributed by atoms with Crippen LogP contribution in [0.2, 0.25) is 10.0 Å². The Labute approximate surface area is 150 Å². The van der Waals surface area contributed by atoms with E-state index < -0.39 is 0 Å². The third-order valence-electron chi connectivity index (χ3n) is 3.45. The zero-order valence-corrected chi connectivity index (χ0v) is 15.6. The third-order valence-corrected chi connectivity index (χ3v) is 4.96. The second-order valence-electron chi connectivity index (χ2n) is 5.18. The number of halogens is 2. The van der Waals surface area contributed by atoms with E-state index in [0.717, 1.165) is 17.0 Å². The summed E-state index contributed by atoms with van der Waals surface area (Å²) >= 11 is 13.2. The summed E-state index contributed by atoms with van der Waals surface area (Å²) in [7, 11) is 0. The van der Waals surface area contributed by atoms with Crippen LogP contribution in [0.3, 0.4) is 0 Å². The first kappa shape index (κ1) is 18.0. The number of aromatic nitrogens is 2. The van der Waals surface area contributed by atoms with Crippen LogP contribution >= 0.6 is 35.0 Å². The minimum Gasteiger partial charge on any atom is -0.324 e. The third kappa shape index (κ3) is 4.59. The number of nitrogens with one attached hydrogen (secondary N) is 1. The van der Waals surface area contributed by atoms with Crippen molar-refractivity contribution in [3.8, 4) is 0 Å². The first-order valence-electron chi connectivity index (χ1n) is 7.02. The number of thioether (sulfide) groups is 1. The molecule has 0 spiro atoms. The zero-order valence-electron chi connectivity index (χ0n) is 13.3. The fourth-order valence-electron chi connectivity index (χ4n) is 1.83. The second-order valence-corrected chi connectivity index (χ2v) is 7.33. The molecule has 7 heteroatoms. The van der Waals surface area contributed by atoms with Gasteiger partial charge in [0.15, 0.2) is 5.16 Å². The van der Waals surface area contributed by atoms with Crippen molar-refractivity contribution in [2.45, 2.75) is 38.1 Å². The molecule has 1 amide bonds. The van der Waals surface area contributed by atoms with Gasteiger partial charge in [-0.15, -0.1) is 0 Å². The van der Waals surface area contributed by atoms with Crippen LogP contribution in [0.15, 0.2) is 23.4 Å². The van der Waals surface area contributed by atoms with Gasteiger partial charge < -0.3 is 5.32 Å². The minimum atomic E-state index is -0.358. The maximum atomic E-state index is 12.3. The lowest BCUT2D eigenvalue weighted by atomic mass is 10.2. The van der Waals surface area contributed by atoms with Crippen molar-refractivity contribution in [3.05, 3.63) is 45.2 Å². The molecule has 1 atom stereocenters. The standard InChI is InChI=1S/C16H17Cl2N3OS/c1-8-9(2)19-16(20-10(8)3)23-11(4)15(22)21-14-6-5-12(17)7-13(14)18/h5-7,11H,1-4H3,(H,21,22)/t11-/m1/s1. The Morgan fingerprint density at radius 2 is 1.78 bits per heavy atom. The summed E-state index contributed by atoms with van der Waals surface area (Å²) in [5, 5.41) is 3.95. The molecule has 2 aromatic rings. The van der Waals surface area contributed by atoms with Gasteiger partial charge in [-0.05, 0) is 51.5 Å². The SMILES string of the molecule is Cc1nc(S[C@H](C)C(=O)Nc2ccc(Cl)cc2Cl)nc(C)c1C. The molecular formula is C16H17Cl2N3OS. The van der Waals surface area contributed by atoms with Crippen molar-refractivity contribution >= 4 is 46.6 Å². The Hall–Kier alpha value is -1.30. The van der Waals surface area contributed by atoms with E-state index in [1.54, 1.807) is 25.1 Å². The average molecular weight is 370 g/mol. The van der Waals surface area contributed by atoms with Gasteiger partial charge in [-0.1, -0.05) is 35.0 Å². The lowest BCUT2D eigenvalue weighted by molar-refractivity contribution is -0.115. The molecule has 1 aromatic heterocycles. The van der Waals surface area contributed by atoms with Gasteiger partial charge in [-0.3, -0.25) is 4.79 Å². The van der Waals surface area contributed by atoms with Gasteiger partial charge in [0.25, 0.3) is 0 Å². The van der Waals surface area contributed by atoms with Crippen molar-refractivity contribution in [2.24, 2.45) is 0 Å². The highest BCUT2D eigenvalue weighted by Gasteiger charge is 2.18. The molecule has 0 fully saturated rings. The number of carbonyl (C=O) groups is 1. The summed E-state index contributed by atoms with van der Waals surface area (Å²) in [4.78, 5) is 21.2. The molecule has 0 aliphatic rings. The maximum absolute atomic E-state index is 12.3. The van der Waals surface area contributed by atoms with Gasteiger partial charge in [-0.25, -0.2) is 9.97 Å². The highest BCUT2D eigenvalue weighted by Crippen LogP contribution is 2.27. The Bertz CT molecular complexity index is 729. The number of rotatable bonds is 4. The van der Waals surface area contributed by atoms with Crippen LogP contribution in [0.1, 0.15) is 23.9 Å². The monoisotopic (exact) mass is 369 g/mol. The Balaban J connectivity index is 2.08. The van der Waals surface area contributed by atoms with Crippen LogP contribution in [0.4, 0.5) is 5.69 Å². The number of anilines is 1. The highest BCUT2D eigenvalue weighted by molar-refractivity contribution is 8.00. The Morgan fingerprint density at radius 1 is 1.17 bits per heavy atom. The van der Waals surface area contributed by atoms with E-state index in [1.165, 1.54) is 11.8 Å². The molecule has 0 aliphatic heterocycles. The molecule has 23 heavy (non-hydrogen) atoms. The number of nitrogens with zero attached hydrogens (tertiary/aromatic N) is 2. The molecule has 2 rings (SSSR count). The minimum absolute atomic E-state index is 0.168. The van der Waals surface area contributed by atoms with Gasteiger partial charge in [0.1, 0.15) is 0 Å². The summed E-state index contributed by atoms with van der Waals surface area (Å²) in [5.41, 5.74) is 3.45. The fraction of sp³-hybridized carbons (Fsp3) is 0.312. The van der Waals surface area contributed by atoms with Gasteiger partial charge in [0.05, 0.1) is 16.0 Å². The highest BCUT2D eigenvalue weighted by atomic mass is 35.5. The van der Waals surface area contributed by atoms with Crippen molar-refractivity contribution in [1.82, 2.24) is 9.97 Å². The quantitative estimate of drug-likeness (QED) is 0.619. The van der Waals surface area contributed by atoms with E-state index in [2.05, 4.69) is 15.3 Å². The Morgan fingerprint density at radius 3 is 2.35 bits per heavy atom. The summed E-state index contributed by atoms with van der Waals surface area (Å²) in [6, 6.07) is 4.94. The van der Waals surface area contributed by atoms with E-state index in [-0.39, 0.29) is 11.2 Å². The molecule has 0 radical (unpaired) electrons. The first-order chi connectivity index (χ1) is 10.8. The molecule has 4 nitrogen and oxygen atoms in total. The van der Waals surface area contributed by atoms with Crippen LogP contribution < -0.4 is 5.32 Å². The van der Waals surface area contributed by atoms with E-state index in [0.29, 0.717) is 20.9 Å². The molecule has 0 saturated heterocycles. The van der Waals surface area contributed by atoms with Gasteiger partial charge in [0, 0.05) is 16.4 Å². The number of amides is 1. The predicted molar refractivity (Wildman–Crippen MR) is 96.7 cm³/mol. The summed E-state index contributed by atoms with van der Waals surface area (Å²) in [5.74, 6) is -0.168. The number of carbonyl (C=O) groups excluding carboxylic acids is 1. The molecule has 1 N–H and O–H groups in total. The molecular weight excluding hydrogens is 353 g/mol. The summed E-state index contributed by atoms with van der Waals surface area (Å²) in [6.07, 6.45) is 0. The summed E-state index contributed by atoms with van der Waals surface area (Å²) < 4.78 is 0. The number of hydrogen-bond acceptors (Lipinski definition) is 4. The number of hydrogen-bond donors (Lipinski definition) is 1. The lowest BCUT2D eigenvalue weighted by Crippen LogP contribution is -2.23. The summed E-state index contributed by atoms with van der Waals surface area (Å²) in [6.45, 7) is 7.66. The normalized spacial score (nSPS) is 12.1. The predicted octanol–water partition coefficient (Wildman–Crippen LogP) is 4.83. The fourth-order valence-corrected chi connectivity index (χ4v) is 3.15. The van der Waals surface area contributed by atoms with E-state index >= 15 is 0 Å². The Kier molecular flexibility index (Phi) is 5.89. The topological polar surface area (TPSA) is 54.9 Å². The number of benzene rings is 1. The van der Waals surface area contributed by atoms with Gasteiger partial charge in [0.2, 0.25) is 5.91 Å². The zero-order chi connectivity index (χ0) is 17.1. The molecule has 0 bridgehead atoms.